The molecule has 3 aromatic rings. The Bertz CT molecular complexity index is 1060. The molecule has 0 saturated heterocycles. The van der Waals surface area contributed by atoms with Gasteiger partial charge in [0, 0.05) is 23.2 Å². The fourth-order valence-corrected chi connectivity index (χ4v) is 4.61. The molecule has 0 aliphatic heterocycles. The lowest BCUT2D eigenvalue weighted by Gasteiger charge is -2.22. The normalized spacial score (nSPS) is 11.2. The highest BCUT2D eigenvalue weighted by Gasteiger charge is 2.20. The van der Waals surface area contributed by atoms with Crippen LogP contribution in [0.15, 0.2) is 42.5 Å². The van der Waals surface area contributed by atoms with E-state index >= 15 is 0 Å². The Morgan fingerprint density at radius 1 is 1.00 bits per heavy atom. The highest BCUT2D eigenvalue weighted by atomic mass is 35.5. The maximum atomic E-state index is 14.6. The summed E-state index contributed by atoms with van der Waals surface area (Å²) in [5.41, 5.74) is 14.5. The third-order valence-electron chi connectivity index (χ3n) is 5.89. The molecule has 2 N–H and O–H groups in total. The number of nitrogens with two attached hydrogens (primary N) is 1. The molecule has 0 radical (unpaired) electrons. The molecule has 3 aromatic carbocycles. The summed E-state index contributed by atoms with van der Waals surface area (Å²) in [6.45, 7) is 8.61. The van der Waals surface area contributed by atoms with E-state index in [2.05, 4.69) is 45.9 Å². The second-order valence-corrected chi connectivity index (χ2v) is 8.60. The van der Waals surface area contributed by atoms with Gasteiger partial charge in [0.25, 0.3) is 0 Å². The van der Waals surface area contributed by atoms with Crippen LogP contribution >= 0.6 is 11.6 Å². The summed E-state index contributed by atoms with van der Waals surface area (Å²) in [4.78, 5) is 0. The van der Waals surface area contributed by atoms with Crippen molar-refractivity contribution in [1.82, 2.24) is 0 Å². The molecular weight excluding hydrogens is 409 g/mol. The van der Waals surface area contributed by atoms with E-state index in [1.54, 1.807) is 19.2 Å². The van der Waals surface area contributed by atoms with E-state index in [0.717, 1.165) is 46.3 Å². The van der Waals surface area contributed by atoms with Crippen molar-refractivity contribution in [2.24, 2.45) is 0 Å². The summed E-state index contributed by atoms with van der Waals surface area (Å²) in [5, 5.41) is 0.702. The molecule has 31 heavy (non-hydrogen) atoms. The molecule has 2 nitrogen and oxygen atoms in total. The van der Waals surface area contributed by atoms with Gasteiger partial charge in [-0.3, -0.25) is 0 Å². The lowest BCUT2D eigenvalue weighted by molar-refractivity contribution is 0.411. The Labute approximate surface area is 190 Å². The largest absolute Gasteiger partial charge is 0.497 e. The molecule has 0 atom stereocenters. The summed E-state index contributed by atoms with van der Waals surface area (Å²) >= 11 is 6.62. The van der Waals surface area contributed by atoms with E-state index in [1.165, 1.54) is 11.6 Å². The van der Waals surface area contributed by atoms with Gasteiger partial charge in [-0.15, -0.1) is 0 Å². The van der Waals surface area contributed by atoms with Crippen molar-refractivity contribution in [3.8, 4) is 16.9 Å². The van der Waals surface area contributed by atoms with Crippen LogP contribution in [0.25, 0.3) is 11.1 Å². The number of halogens is 2. The van der Waals surface area contributed by atoms with Crippen LogP contribution in [0.1, 0.15) is 61.4 Å². The minimum Gasteiger partial charge on any atom is -0.497 e. The van der Waals surface area contributed by atoms with Gasteiger partial charge in [0.15, 0.2) is 0 Å². The molecule has 3 rings (SSSR count). The van der Waals surface area contributed by atoms with Crippen LogP contribution in [0.5, 0.6) is 5.75 Å². The highest BCUT2D eigenvalue weighted by Crippen LogP contribution is 2.41. The fourth-order valence-electron chi connectivity index (χ4n) is 4.26. The molecule has 0 unspecified atom stereocenters. The van der Waals surface area contributed by atoms with E-state index in [4.69, 9.17) is 22.1 Å². The van der Waals surface area contributed by atoms with E-state index in [1.807, 2.05) is 6.07 Å². The van der Waals surface area contributed by atoms with Crippen molar-refractivity contribution >= 4 is 17.3 Å². The monoisotopic (exact) mass is 439 g/mol. The predicted molar refractivity (Wildman–Crippen MR) is 130 cm³/mol. The van der Waals surface area contributed by atoms with Gasteiger partial charge in [0.2, 0.25) is 0 Å². The smallest absolute Gasteiger partial charge is 0.130 e. The van der Waals surface area contributed by atoms with Gasteiger partial charge in [0.05, 0.1) is 7.11 Å². The van der Waals surface area contributed by atoms with Crippen molar-refractivity contribution in [2.75, 3.05) is 12.8 Å². The van der Waals surface area contributed by atoms with Crippen LogP contribution in [0, 0.1) is 5.82 Å². The van der Waals surface area contributed by atoms with Crippen LogP contribution in [0.4, 0.5) is 10.1 Å². The molecule has 4 heteroatoms. The number of rotatable bonds is 7. The molecular formula is C27H31ClFNO. The first-order valence-corrected chi connectivity index (χ1v) is 11.2. The van der Waals surface area contributed by atoms with Gasteiger partial charge in [0.1, 0.15) is 11.6 Å². The first kappa shape index (κ1) is 23.1. The Kier molecular flexibility index (Phi) is 7.27. The average Bonchev–Trinajstić information content (AvgIpc) is 2.74. The number of anilines is 1. The standard InChI is InChI=1S/C27H31ClFNO/c1-6-20-24(28)15-26(30)21(7-2)27(20)23-13-17(8-11-22(23)16(3)4)12-18-9-10-19(31-5)14-25(18)29/h8-11,13-16H,6-7,12,30H2,1-5H3. The van der Waals surface area contributed by atoms with Gasteiger partial charge in [-0.25, -0.2) is 4.39 Å². The van der Waals surface area contributed by atoms with E-state index in [-0.39, 0.29) is 5.82 Å². The maximum absolute atomic E-state index is 14.6. The quantitative estimate of drug-likeness (QED) is 0.385. The number of hydrogen-bond acceptors (Lipinski definition) is 2. The Hall–Kier alpha value is -2.52. The fraction of sp³-hybridized carbons (Fsp3) is 0.333. The van der Waals surface area contributed by atoms with E-state index in [0.29, 0.717) is 28.7 Å². The number of ether oxygens (including phenoxy) is 1. The zero-order chi connectivity index (χ0) is 22.7. The zero-order valence-corrected chi connectivity index (χ0v) is 19.7. The van der Waals surface area contributed by atoms with Gasteiger partial charge >= 0.3 is 0 Å². The van der Waals surface area contributed by atoms with E-state index in [9.17, 15) is 4.39 Å². The molecule has 0 spiro atoms. The maximum Gasteiger partial charge on any atom is 0.130 e. The summed E-state index contributed by atoms with van der Waals surface area (Å²) in [5.74, 6) is 0.590. The predicted octanol–water partition coefficient (Wildman–Crippen LogP) is 7.58. The first-order valence-electron chi connectivity index (χ1n) is 10.9. The third kappa shape index (κ3) is 4.72. The number of methoxy groups -OCH3 is 1. The van der Waals surface area contributed by atoms with Gasteiger partial charge < -0.3 is 10.5 Å². The summed E-state index contributed by atoms with van der Waals surface area (Å²) in [7, 11) is 1.54. The van der Waals surface area contributed by atoms with Crippen LogP contribution < -0.4 is 10.5 Å². The second kappa shape index (κ2) is 9.74. The van der Waals surface area contributed by atoms with Crippen molar-refractivity contribution in [3.63, 3.8) is 0 Å². The molecule has 164 valence electrons. The lowest BCUT2D eigenvalue weighted by atomic mass is 9.84. The number of nitrogen functional groups attached to an aromatic ring is 1. The highest BCUT2D eigenvalue weighted by molar-refractivity contribution is 6.32. The van der Waals surface area contributed by atoms with Crippen LogP contribution in [-0.2, 0) is 19.3 Å². The summed E-state index contributed by atoms with van der Waals surface area (Å²) < 4.78 is 19.7. The second-order valence-electron chi connectivity index (χ2n) is 8.20. The van der Waals surface area contributed by atoms with Gasteiger partial charge in [-0.2, -0.15) is 0 Å². The molecule has 0 aromatic heterocycles. The van der Waals surface area contributed by atoms with Crippen LogP contribution in [-0.4, -0.2) is 7.11 Å². The molecule has 0 aliphatic carbocycles. The SMILES string of the molecule is CCc1c(N)cc(Cl)c(CC)c1-c1cc(Cc2ccc(OC)cc2F)ccc1C(C)C. The van der Waals surface area contributed by atoms with Crippen LogP contribution in [0.2, 0.25) is 5.02 Å². The topological polar surface area (TPSA) is 35.2 Å². The van der Waals surface area contributed by atoms with Crippen molar-refractivity contribution in [3.05, 3.63) is 81.1 Å². The molecule has 0 saturated carbocycles. The van der Waals surface area contributed by atoms with Crippen LogP contribution in [0.3, 0.4) is 0 Å². The Morgan fingerprint density at radius 3 is 2.29 bits per heavy atom. The third-order valence-corrected chi connectivity index (χ3v) is 6.23. The van der Waals surface area contributed by atoms with Crippen molar-refractivity contribution < 1.29 is 9.13 Å². The summed E-state index contributed by atoms with van der Waals surface area (Å²) in [6, 6.07) is 13.3. The van der Waals surface area contributed by atoms with E-state index < -0.39 is 0 Å². The lowest BCUT2D eigenvalue weighted by Crippen LogP contribution is -2.05. The Morgan fingerprint density at radius 2 is 1.71 bits per heavy atom. The minimum atomic E-state index is -0.260. The molecule has 0 fully saturated rings. The average molecular weight is 440 g/mol. The first-order chi connectivity index (χ1) is 14.8. The minimum absolute atomic E-state index is 0.260. The molecule has 0 amide bonds. The number of benzene rings is 3. The molecule has 0 bridgehead atoms. The molecule has 0 aliphatic rings. The van der Waals surface area contributed by atoms with Gasteiger partial charge in [-0.05, 0) is 69.8 Å². The number of hydrogen-bond donors (Lipinski definition) is 1. The zero-order valence-electron chi connectivity index (χ0n) is 19.0. The van der Waals surface area contributed by atoms with Gasteiger partial charge in [-0.1, -0.05) is 63.6 Å². The summed E-state index contributed by atoms with van der Waals surface area (Å²) in [6.07, 6.45) is 2.14. The van der Waals surface area contributed by atoms with Crippen molar-refractivity contribution in [2.45, 2.75) is 52.9 Å². The van der Waals surface area contributed by atoms with Crippen molar-refractivity contribution in [1.29, 1.82) is 0 Å². The molecule has 0 heterocycles. The Balaban J connectivity index is 2.20.